The predicted molar refractivity (Wildman–Crippen MR) is 73.4 cm³/mol. The maximum atomic E-state index is 5.92. The molecule has 0 spiro atoms. The van der Waals surface area contributed by atoms with E-state index in [4.69, 9.17) is 10.3 Å². The Bertz CT molecular complexity index is 727. The van der Waals surface area contributed by atoms with Crippen LogP contribution in [0.15, 0.2) is 35.0 Å². The molecule has 0 aliphatic carbocycles. The van der Waals surface area contributed by atoms with E-state index in [-0.39, 0.29) is 0 Å². The number of anilines is 1. The number of nitrogen functional groups attached to an aromatic ring is 1. The number of aromatic nitrogens is 3. The number of nitrogens with two attached hydrogens (primary N) is 1. The molecular formula is C14H14N4O. The summed E-state index contributed by atoms with van der Waals surface area (Å²) in [6.45, 7) is 3.98. The highest BCUT2D eigenvalue weighted by atomic mass is 16.5. The molecule has 0 unspecified atom stereocenters. The number of nitrogens with zero attached hydrogens (tertiary/aromatic N) is 2. The van der Waals surface area contributed by atoms with Crippen molar-refractivity contribution in [3.63, 3.8) is 0 Å². The average Bonchev–Trinajstić information content (AvgIpc) is 2.95. The smallest absolute Gasteiger partial charge is 0.230 e. The summed E-state index contributed by atoms with van der Waals surface area (Å²) in [5.41, 5.74) is 11.4. The zero-order valence-corrected chi connectivity index (χ0v) is 10.8. The molecule has 0 amide bonds. The quantitative estimate of drug-likeness (QED) is 0.736. The van der Waals surface area contributed by atoms with Gasteiger partial charge in [0, 0.05) is 11.3 Å². The van der Waals surface area contributed by atoms with Crippen molar-refractivity contribution in [2.75, 3.05) is 5.73 Å². The molecule has 0 bridgehead atoms. The largest absolute Gasteiger partial charge is 0.367 e. The van der Waals surface area contributed by atoms with Crippen LogP contribution >= 0.6 is 0 Å². The van der Waals surface area contributed by atoms with Crippen LogP contribution in [0.25, 0.3) is 22.4 Å². The summed E-state index contributed by atoms with van der Waals surface area (Å²) >= 11 is 0. The van der Waals surface area contributed by atoms with Gasteiger partial charge in [0.1, 0.15) is 5.69 Å². The average molecular weight is 254 g/mol. The third-order valence-electron chi connectivity index (χ3n) is 3.11. The van der Waals surface area contributed by atoms with Crippen molar-refractivity contribution in [3.8, 4) is 22.4 Å². The topological polar surface area (TPSA) is 80.7 Å². The number of benzene rings is 1. The van der Waals surface area contributed by atoms with Gasteiger partial charge < -0.3 is 10.3 Å². The van der Waals surface area contributed by atoms with E-state index in [1.54, 1.807) is 6.20 Å². The monoisotopic (exact) mass is 254 g/mol. The number of aryl methyl sites for hydroxylation is 2. The lowest BCUT2D eigenvalue weighted by atomic mass is 10.00. The van der Waals surface area contributed by atoms with Gasteiger partial charge in [-0.15, -0.1) is 0 Å². The van der Waals surface area contributed by atoms with Crippen molar-refractivity contribution in [2.45, 2.75) is 13.8 Å². The first-order valence-electron chi connectivity index (χ1n) is 5.99. The summed E-state index contributed by atoms with van der Waals surface area (Å²) in [5.74, 6) is 0.321. The highest BCUT2D eigenvalue weighted by molar-refractivity contribution is 5.87. The molecule has 96 valence electrons. The van der Waals surface area contributed by atoms with Crippen LogP contribution < -0.4 is 5.73 Å². The first-order valence-corrected chi connectivity index (χ1v) is 5.99. The second-order valence-electron chi connectivity index (χ2n) is 4.55. The normalized spacial score (nSPS) is 10.8. The fourth-order valence-electron chi connectivity index (χ4n) is 2.16. The van der Waals surface area contributed by atoms with E-state index in [9.17, 15) is 0 Å². The lowest BCUT2D eigenvalue weighted by molar-refractivity contribution is 0.439. The Hall–Kier alpha value is -2.56. The third kappa shape index (κ3) is 1.89. The van der Waals surface area contributed by atoms with E-state index in [2.05, 4.69) is 21.4 Å². The highest BCUT2D eigenvalue weighted by Gasteiger charge is 2.19. The summed E-state index contributed by atoms with van der Waals surface area (Å²) < 4.78 is 5.15. The van der Waals surface area contributed by atoms with Crippen LogP contribution in [0.4, 0.5) is 5.88 Å². The molecule has 5 nitrogen and oxygen atoms in total. The lowest BCUT2D eigenvalue weighted by Gasteiger charge is -2.03. The summed E-state index contributed by atoms with van der Waals surface area (Å²) in [5, 5.41) is 11.0. The maximum Gasteiger partial charge on any atom is 0.230 e. The van der Waals surface area contributed by atoms with Gasteiger partial charge in [-0.2, -0.15) is 5.10 Å². The molecule has 3 rings (SSSR count). The van der Waals surface area contributed by atoms with Crippen LogP contribution in [-0.2, 0) is 0 Å². The molecule has 0 aliphatic heterocycles. The molecule has 0 atom stereocenters. The van der Waals surface area contributed by atoms with E-state index < -0.39 is 0 Å². The van der Waals surface area contributed by atoms with Crippen molar-refractivity contribution in [2.24, 2.45) is 0 Å². The van der Waals surface area contributed by atoms with Gasteiger partial charge in [0.25, 0.3) is 0 Å². The van der Waals surface area contributed by atoms with Crippen molar-refractivity contribution in [3.05, 3.63) is 41.7 Å². The van der Waals surface area contributed by atoms with Gasteiger partial charge in [0.2, 0.25) is 5.88 Å². The van der Waals surface area contributed by atoms with Crippen LogP contribution in [-0.4, -0.2) is 15.4 Å². The number of hydrogen-bond acceptors (Lipinski definition) is 4. The van der Waals surface area contributed by atoms with Gasteiger partial charge in [-0.25, -0.2) is 0 Å². The standard InChI is InChI=1S/C14H14N4O/c1-8-4-3-5-10(6-8)12-13(18-19-14(12)15)11-7-16-17-9(11)2/h3-7H,15H2,1-2H3,(H,16,17). The third-order valence-corrected chi connectivity index (χ3v) is 3.11. The van der Waals surface area contributed by atoms with Crippen LogP contribution in [0.1, 0.15) is 11.3 Å². The molecule has 3 N–H and O–H groups in total. The zero-order valence-electron chi connectivity index (χ0n) is 10.8. The van der Waals surface area contributed by atoms with Gasteiger partial charge >= 0.3 is 0 Å². The fraction of sp³-hybridized carbons (Fsp3) is 0.143. The predicted octanol–water partition coefficient (Wildman–Crippen LogP) is 2.93. The molecule has 2 aromatic heterocycles. The fourth-order valence-corrected chi connectivity index (χ4v) is 2.16. The van der Waals surface area contributed by atoms with Crippen LogP contribution in [0.3, 0.4) is 0 Å². The number of nitrogens with one attached hydrogen (secondary N) is 1. The Kier molecular flexibility index (Phi) is 2.59. The molecule has 0 saturated carbocycles. The summed E-state index contributed by atoms with van der Waals surface area (Å²) in [6.07, 6.45) is 1.73. The molecule has 0 radical (unpaired) electrons. The first-order chi connectivity index (χ1) is 9.16. The van der Waals surface area contributed by atoms with Crippen LogP contribution in [0, 0.1) is 13.8 Å². The minimum absolute atomic E-state index is 0.321. The Morgan fingerprint density at radius 3 is 2.79 bits per heavy atom. The van der Waals surface area contributed by atoms with Gasteiger partial charge in [-0.05, 0) is 19.4 Å². The molecular weight excluding hydrogens is 240 g/mol. The SMILES string of the molecule is Cc1cccc(-c2c(-c3cn[nH]c3C)noc2N)c1. The number of hydrogen-bond donors (Lipinski definition) is 2. The van der Waals surface area contributed by atoms with E-state index >= 15 is 0 Å². The van der Waals surface area contributed by atoms with Gasteiger partial charge in [-0.1, -0.05) is 35.0 Å². The van der Waals surface area contributed by atoms with E-state index in [0.717, 1.165) is 27.9 Å². The summed E-state index contributed by atoms with van der Waals surface area (Å²) in [6, 6.07) is 8.08. The van der Waals surface area contributed by atoms with Crippen molar-refractivity contribution in [1.29, 1.82) is 0 Å². The first kappa shape index (κ1) is 11.5. The molecule has 0 saturated heterocycles. The lowest BCUT2D eigenvalue weighted by Crippen LogP contribution is -1.88. The van der Waals surface area contributed by atoms with Gasteiger partial charge in [-0.3, -0.25) is 5.10 Å². The maximum absolute atomic E-state index is 5.92. The Morgan fingerprint density at radius 1 is 1.26 bits per heavy atom. The number of rotatable bonds is 2. The molecule has 3 aromatic rings. The Labute approximate surface area is 110 Å². The van der Waals surface area contributed by atoms with Crippen molar-refractivity contribution in [1.82, 2.24) is 15.4 Å². The van der Waals surface area contributed by atoms with E-state index in [1.807, 2.05) is 32.0 Å². The summed E-state index contributed by atoms with van der Waals surface area (Å²) in [7, 11) is 0. The molecule has 2 heterocycles. The minimum atomic E-state index is 0.321. The van der Waals surface area contributed by atoms with E-state index in [0.29, 0.717) is 11.6 Å². The number of H-pyrrole nitrogens is 1. The van der Waals surface area contributed by atoms with Crippen LogP contribution in [0.2, 0.25) is 0 Å². The van der Waals surface area contributed by atoms with Crippen molar-refractivity contribution >= 4 is 5.88 Å². The Balaban J connectivity index is 2.22. The molecule has 1 aromatic carbocycles. The molecule has 5 heteroatoms. The molecule has 0 aliphatic rings. The van der Waals surface area contributed by atoms with Crippen LogP contribution in [0.5, 0.6) is 0 Å². The molecule has 19 heavy (non-hydrogen) atoms. The second-order valence-corrected chi connectivity index (χ2v) is 4.55. The highest BCUT2D eigenvalue weighted by Crippen LogP contribution is 2.37. The Morgan fingerprint density at radius 2 is 2.11 bits per heavy atom. The van der Waals surface area contributed by atoms with Gasteiger partial charge in [0.05, 0.1) is 11.8 Å². The number of aromatic amines is 1. The second kappa shape index (κ2) is 4.28. The summed E-state index contributed by atoms with van der Waals surface area (Å²) in [4.78, 5) is 0. The zero-order chi connectivity index (χ0) is 13.4. The molecule has 0 fully saturated rings. The van der Waals surface area contributed by atoms with Crippen molar-refractivity contribution < 1.29 is 4.52 Å². The van der Waals surface area contributed by atoms with Gasteiger partial charge in [0.15, 0.2) is 0 Å². The van der Waals surface area contributed by atoms with E-state index in [1.165, 1.54) is 0 Å². The minimum Gasteiger partial charge on any atom is -0.367 e.